The van der Waals surface area contributed by atoms with E-state index in [2.05, 4.69) is 9.97 Å². The third-order valence-corrected chi connectivity index (χ3v) is 5.80. The Morgan fingerprint density at radius 2 is 0.967 bits per heavy atom. The first-order valence-corrected chi connectivity index (χ1v) is 10.3. The Morgan fingerprint density at radius 3 is 1.33 bits per heavy atom. The van der Waals surface area contributed by atoms with Crippen LogP contribution in [0.4, 0.5) is 0 Å². The van der Waals surface area contributed by atoms with Gasteiger partial charge in [0.25, 0.3) is 0 Å². The fourth-order valence-electron chi connectivity index (χ4n) is 3.14. The van der Waals surface area contributed by atoms with Gasteiger partial charge in [-0.3, -0.25) is 14.8 Å². The summed E-state index contributed by atoms with van der Waals surface area (Å²) in [5.74, 6) is -0.374. The summed E-state index contributed by atoms with van der Waals surface area (Å²) in [4.78, 5) is 21.5. The second-order valence-corrected chi connectivity index (χ2v) is 8.06. The van der Waals surface area contributed by atoms with Gasteiger partial charge in [-0.25, -0.2) is 0 Å². The number of ketones is 1. The fraction of sp³-hybridized carbons (Fsp3) is 0. The molecule has 0 unspecified atom stereocenters. The van der Waals surface area contributed by atoms with Crippen LogP contribution in [-0.4, -0.2) is 15.8 Å². The lowest BCUT2D eigenvalue weighted by molar-refractivity contribution is 0.103. The number of hydrogen-bond acceptors (Lipinski definition) is 3. The van der Waals surface area contributed by atoms with Crippen LogP contribution in [0.2, 0.25) is 20.1 Å². The zero-order valence-electron chi connectivity index (χ0n) is 15.2. The van der Waals surface area contributed by atoms with Crippen LogP contribution in [0.3, 0.4) is 0 Å². The van der Waals surface area contributed by atoms with Crippen LogP contribution in [0.15, 0.2) is 73.3 Å². The lowest BCUT2D eigenvalue weighted by atomic mass is 9.96. The molecule has 0 aliphatic carbocycles. The lowest BCUT2D eigenvalue weighted by Crippen LogP contribution is -2.05. The second-order valence-electron chi connectivity index (χ2n) is 6.43. The minimum absolute atomic E-state index is 0.237. The molecule has 0 aliphatic heterocycles. The second kappa shape index (κ2) is 8.75. The fourth-order valence-corrected chi connectivity index (χ4v) is 4.18. The topological polar surface area (TPSA) is 42.9 Å². The maximum absolute atomic E-state index is 13.4. The Hall–Kier alpha value is -2.43. The Morgan fingerprint density at radius 1 is 0.600 bits per heavy atom. The number of nitrogens with zero attached hydrogens (tertiary/aromatic N) is 2. The molecule has 0 spiro atoms. The molecule has 4 rings (SSSR count). The SMILES string of the molecule is O=C(c1cc(Cl)cc(-c2ccncc2)c1Cl)c1cc(Cl)cc(-c2ccncc2)c1Cl. The van der Waals surface area contributed by atoms with Gasteiger partial charge in [0.05, 0.1) is 10.0 Å². The Balaban J connectivity index is 1.87. The van der Waals surface area contributed by atoms with Crippen LogP contribution in [0.25, 0.3) is 22.3 Å². The van der Waals surface area contributed by atoms with Crippen LogP contribution >= 0.6 is 46.4 Å². The molecule has 4 aromatic rings. The number of halogens is 4. The van der Waals surface area contributed by atoms with Gasteiger partial charge in [0, 0.05) is 57.1 Å². The first-order chi connectivity index (χ1) is 14.5. The van der Waals surface area contributed by atoms with Crippen molar-refractivity contribution < 1.29 is 4.79 Å². The zero-order valence-corrected chi connectivity index (χ0v) is 18.3. The lowest BCUT2D eigenvalue weighted by Gasteiger charge is -2.14. The molecule has 2 heterocycles. The van der Waals surface area contributed by atoms with E-state index >= 15 is 0 Å². The van der Waals surface area contributed by atoms with E-state index in [1.165, 1.54) is 12.1 Å². The van der Waals surface area contributed by atoms with Crippen molar-refractivity contribution in [1.29, 1.82) is 0 Å². The van der Waals surface area contributed by atoms with E-state index in [4.69, 9.17) is 46.4 Å². The van der Waals surface area contributed by atoms with Crippen molar-refractivity contribution in [3.8, 4) is 22.3 Å². The summed E-state index contributed by atoms with van der Waals surface area (Å²) in [7, 11) is 0. The molecule has 148 valence electrons. The number of carbonyl (C=O) groups excluding carboxylic acids is 1. The van der Waals surface area contributed by atoms with Gasteiger partial charge >= 0.3 is 0 Å². The molecule has 0 amide bonds. The van der Waals surface area contributed by atoms with Crippen LogP contribution in [0.1, 0.15) is 15.9 Å². The summed E-state index contributed by atoms with van der Waals surface area (Å²) >= 11 is 25.9. The molecular weight excluding hydrogens is 462 g/mol. The van der Waals surface area contributed by atoms with Crippen LogP contribution < -0.4 is 0 Å². The predicted octanol–water partition coefficient (Wildman–Crippen LogP) is 7.66. The van der Waals surface area contributed by atoms with E-state index in [0.717, 1.165) is 11.1 Å². The first kappa shape index (κ1) is 20.8. The highest BCUT2D eigenvalue weighted by atomic mass is 35.5. The van der Waals surface area contributed by atoms with Gasteiger partial charge < -0.3 is 0 Å². The smallest absolute Gasteiger partial charge is 0.196 e. The number of carbonyl (C=O) groups is 1. The number of benzene rings is 2. The molecule has 7 heteroatoms. The van der Waals surface area contributed by atoms with Crippen molar-refractivity contribution in [3.63, 3.8) is 0 Å². The quantitative estimate of drug-likeness (QED) is 0.286. The van der Waals surface area contributed by atoms with Crippen molar-refractivity contribution in [2.75, 3.05) is 0 Å². The summed E-state index contributed by atoms with van der Waals surface area (Å²) in [6, 6.07) is 13.6. The van der Waals surface area contributed by atoms with Crippen molar-refractivity contribution in [3.05, 3.63) is 105 Å². The highest BCUT2D eigenvalue weighted by molar-refractivity contribution is 6.42. The van der Waals surface area contributed by atoms with E-state index in [1.807, 2.05) is 0 Å². The van der Waals surface area contributed by atoms with E-state index in [0.29, 0.717) is 21.2 Å². The first-order valence-electron chi connectivity index (χ1n) is 8.79. The van der Waals surface area contributed by atoms with E-state index in [-0.39, 0.29) is 27.0 Å². The minimum atomic E-state index is -0.374. The van der Waals surface area contributed by atoms with Gasteiger partial charge in [0.2, 0.25) is 0 Å². The normalized spacial score (nSPS) is 10.8. The van der Waals surface area contributed by atoms with Crippen molar-refractivity contribution in [2.45, 2.75) is 0 Å². The predicted molar refractivity (Wildman–Crippen MR) is 123 cm³/mol. The molecular formula is C23H12Cl4N2O. The molecule has 0 atom stereocenters. The summed E-state index contributed by atoms with van der Waals surface area (Å²) in [6.45, 7) is 0. The minimum Gasteiger partial charge on any atom is -0.288 e. The summed E-state index contributed by atoms with van der Waals surface area (Å²) in [6.07, 6.45) is 6.57. The third-order valence-electron chi connectivity index (χ3n) is 4.55. The summed E-state index contributed by atoms with van der Waals surface area (Å²) in [5, 5.41) is 1.30. The molecule has 0 aliphatic rings. The highest BCUT2D eigenvalue weighted by Gasteiger charge is 2.22. The average molecular weight is 474 g/mol. The number of hydrogen-bond donors (Lipinski definition) is 0. The molecule has 30 heavy (non-hydrogen) atoms. The van der Waals surface area contributed by atoms with Crippen molar-refractivity contribution >= 4 is 52.2 Å². The number of rotatable bonds is 4. The zero-order chi connectivity index (χ0) is 21.3. The molecule has 2 aromatic carbocycles. The van der Waals surface area contributed by atoms with Crippen molar-refractivity contribution in [1.82, 2.24) is 9.97 Å². The van der Waals surface area contributed by atoms with Gasteiger partial charge in [-0.1, -0.05) is 46.4 Å². The molecule has 0 radical (unpaired) electrons. The van der Waals surface area contributed by atoms with E-state index < -0.39 is 0 Å². The molecule has 0 saturated heterocycles. The Labute approximate surface area is 193 Å². The molecule has 2 aromatic heterocycles. The summed E-state index contributed by atoms with van der Waals surface area (Å²) < 4.78 is 0. The average Bonchev–Trinajstić information content (AvgIpc) is 2.77. The maximum atomic E-state index is 13.4. The Bertz CT molecular complexity index is 1150. The van der Waals surface area contributed by atoms with Gasteiger partial charge in [0.1, 0.15) is 0 Å². The van der Waals surface area contributed by atoms with Gasteiger partial charge in [-0.05, 0) is 59.7 Å². The van der Waals surface area contributed by atoms with Gasteiger partial charge in [0.15, 0.2) is 5.78 Å². The molecule has 0 saturated carbocycles. The van der Waals surface area contributed by atoms with Crippen LogP contribution in [0, 0.1) is 0 Å². The van der Waals surface area contributed by atoms with E-state index in [1.54, 1.807) is 61.2 Å². The van der Waals surface area contributed by atoms with Gasteiger partial charge in [-0.15, -0.1) is 0 Å². The maximum Gasteiger partial charge on any atom is 0.196 e. The summed E-state index contributed by atoms with van der Waals surface area (Å²) in [5.41, 5.74) is 3.31. The standard InChI is InChI=1S/C23H12Cl4N2O/c24-15-9-17(13-1-5-28-6-2-13)21(26)19(11-15)23(30)20-12-16(25)10-18(22(20)27)14-3-7-29-8-4-14/h1-12H. The molecule has 3 nitrogen and oxygen atoms in total. The van der Waals surface area contributed by atoms with Crippen LogP contribution in [-0.2, 0) is 0 Å². The molecule has 0 fully saturated rings. The molecule has 0 N–H and O–H groups in total. The Kier molecular flexibility index (Phi) is 6.07. The largest absolute Gasteiger partial charge is 0.288 e. The van der Waals surface area contributed by atoms with Crippen molar-refractivity contribution in [2.24, 2.45) is 0 Å². The monoisotopic (exact) mass is 472 g/mol. The molecule has 0 bridgehead atoms. The van der Waals surface area contributed by atoms with E-state index in [9.17, 15) is 4.79 Å². The van der Waals surface area contributed by atoms with Crippen LogP contribution in [0.5, 0.6) is 0 Å². The third kappa shape index (κ3) is 4.07. The van der Waals surface area contributed by atoms with Gasteiger partial charge in [-0.2, -0.15) is 0 Å². The number of aromatic nitrogens is 2. The highest BCUT2D eigenvalue weighted by Crippen LogP contribution is 2.38. The number of pyridine rings is 2.